The molecule has 1 amide bonds. The molecule has 1 aromatic carbocycles. The molecule has 25 heavy (non-hydrogen) atoms. The molecule has 3 aromatic rings. The van der Waals surface area contributed by atoms with Gasteiger partial charge in [0.15, 0.2) is 0 Å². The number of imidazole rings is 1. The third-order valence-corrected chi connectivity index (χ3v) is 5.20. The Kier molecular flexibility index (Phi) is 3.17. The predicted molar refractivity (Wildman–Crippen MR) is 89.8 cm³/mol. The SMILES string of the molecule is O=C1c2c(Cl)cccc2-n2cnc(-c3noc(CCl)n3)c2[C@@H]2CCN12. The third kappa shape index (κ3) is 1.99. The second kappa shape index (κ2) is 5.31. The number of amides is 1. The Labute approximate surface area is 152 Å². The molecule has 1 saturated heterocycles. The van der Waals surface area contributed by atoms with Crippen molar-refractivity contribution in [2.45, 2.75) is 18.3 Å². The average Bonchev–Trinajstić information content (AvgIpc) is 3.18. The van der Waals surface area contributed by atoms with Gasteiger partial charge in [-0.15, -0.1) is 11.6 Å². The van der Waals surface area contributed by atoms with Gasteiger partial charge in [0.2, 0.25) is 11.7 Å². The first-order valence-electron chi connectivity index (χ1n) is 7.75. The topological polar surface area (TPSA) is 77.0 Å². The molecular formula is C16H11Cl2N5O2. The zero-order valence-electron chi connectivity index (χ0n) is 12.8. The highest BCUT2D eigenvalue weighted by Gasteiger charge is 2.43. The van der Waals surface area contributed by atoms with Crippen molar-refractivity contribution in [1.82, 2.24) is 24.6 Å². The fourth-order valence-electron chi connectivity index (χ4n) is 3.43. The third-order valence-electron chi connectivity index (χ3n) is 4.66. The van der Waals surface area contributed by atoms with Crippen molar-refractivity contribution in [1.29, 1.82) is 0 Å². The van der Waals surface area contributed by atoms with E-state index in [1.807, 2.05) is 16.7 Å². The molecule has 0 spiro atoms. The number of halogens is 2. The summed E-state index contributed by atoms with van der Waals surface area (Å²) in [4.78, 5) is 23.5. The van der Waals surface area contributed by atoms with Crippen LogP contribution in [0.3, 0.4) is 0 Å². The highest BCUT2D eigenvalue weighted by Crippen LogP contribution is 2.44. The second-order valence-electron chi connectivity index (χ2n) is 5.93. The van der Waals surface area contributed by atoms with E-state index in [1.54, 1.807) is 17.3 Å². The molecule has 0 radical (unpaired) electrons. The molecule has 5 rings (SSSR count). The van der Waals surface area contributed by atoms with Gasteiger partial charge in [-0.05, 0) is 18.6 Å². The molecule has 9 heteroatoms. The Morgan fingerprint density at radius 2 is 2.24 bits per heavy atom. The number of hydrogen-bond donors (Lipinski definition) is 0. The predicted octanol–water partition coefficient (Wildman–Crippen LogP) is 3.22. The molecule has 1 fully saturated rings. The minimum Gasteiger partial charge on any atom is -0.338 e. The van der Waals surface area contributed by atoms with E-state index in [0.717, 1.165) is 12.1 Å². The normalized spacial score (nSPS) is 18.2. The summed E-state index contributed by atoms with van der Waals surface area (Å²) in [6, 6.07) is 5.31. The summed E-state index contributed by atoms with van der Waals surface area (Å²) in [6.45, 7) is 0.679. The number of carbonyl (C=O) groups excluding carboxylic acids is 1. The number of aromatic nitrogens is 4. The van der Waals surface area contributed by atoms with Gasteiger partial charge in [0.1, 0.15) is 17.9 Å². The number of benzene rings is 1. The molecule has 126 valence electrons. The zero-order valence-corrected chi connectivity index (χ0v) is 14.3. The van der Waals surface area contributed by atoms with Crippen LogP contribution in [0, 0.1) is 0 Å². The molecule has 2 aromatic heterocycles. The lowest BCUT2D eigenvalue weighted by Gasteiger charge is -2.39. The van der Waals surface area contributed by atoms with Crippen LogP contribution in [0.25, 0.3) is 17.2 Å². The highest BCUT2D eigenvalue weighted by atomic mass is 35.5. The van der Waals surface area contributed by atoms with Crippen molar-refractivity contribution >= 4 is 29.1 Å². The van der Waals surface area contributed by atoms with E-state index in [2.05, 4.69) is 15.1 Å². The van der Waals surface area contributed by atoms with Crippen molar-refractivity contribution in [3.05, 3.63) is 46.7 Å². The fourth-order valence-corrected chi connectivity index (χ4v) is 3.79. The van der Waals surface area contributed by atoms with Crippen molar-refractivity contribution in [3.8, 4) is 17.2 Å². The van der Waals surface area contributed by atoms with Gasteiger partial charge < -0.3 is 9.42 Å². The van der Waals surface area contributed by atoms with Gasteiger partial charge in [0.05, 0.1) is 28.0 Å². The largest absolute Gasteiger partial charge is 0.338 e. The number of hydrogen-bond acceptors (Lipinski definition) is 5. The molecule has 0 saturated carbocycles. The second-order valence-corrected chi connectivity index (χ2v) is 6.61. The van der Waals surface area contributed by atoms with Crippen molar-refractivity contribution in [3.63, 3.8) is 0 Å². The smallest absolute Gasteiger partial charge is 0.258 e. The van der Waals surface area contributed by atoms with Crippen LogP contribution in [0.1, 0.15) is 34.4 Å². The Morgan fingerprint density at radius 1 is 1.36 bits per heavy atom. The molecule has 0 unspecified atom stereocenters. The Bertz CT molecular complexity index is 1010. The maximum Gasteiger partial charge on any atom is 0.258 e. The zero-order chi connectivity index (χ0) is 17.1. The number of nitrogens with zero attached hydrogens (tertiary/aromatic N) is 5. The summed E-state index contributed by atoms with van der Waals surface area (Å²) >= 11 is 12.1. The summed E-state index contributed by atoms with van der Waals surface area (Å²) in [6.07, 6.45) is 2.52. The van der Waals surface area contributed by atoms with Gasteiger partial charge >= 0.3 is 0 Å². The number of rotatable bonds is 2. The number of alkyl halides is 1. The molecule has 7 nitrogen and oxygen atoms in total. The van der Waals surface area contributed by atoms with Gasteiger partial charge in [-0.25, -0.2) is 4.98 Å². The van der Waals surface area contributed by atoms with E-state index in [4.69, 9.17) is 27.7 Å². The Balaban J connectivity index is 1.77. The van der Waals surface area contributed by atoms with Crippen LogP contribution < -0.4 is 0 Å². The first-order valence-corrected chi connectivity index (χ1v) is 8.66. The maximum atomic E-state index is 12.9. The van der Waals surface area contributed by atoms with Crippen LogP contribution in [0.4, 0.5) is 0 Å². The first kappa shape index (κ1) is 14.9. The van der Waals surface area contributed by atoms with Crippen LogP contribution in [0.5, 0.6) is 0 Å². The summed E-state index contributed by atoms with van der Waals surface area (Å²) < 4.78 is 7.00. The molecule has 0 bridgehead atoms. The van der Waals surface area contributed by atoms with Crippen LogP contribution in [0.2, 0.25) is 5.02 Å². The average molecular weight is 376 g/mol. The van der Waals surface area contributed by atoms with E-state index in [1.165, 1.54) is 0 Å². The maximum absolute atomic E-state index is 12.9. The molecule has 2 aliphatic heterocycles. The molecule has 0 aliphatic carbocycles. The first-order chi connectivity index (χ1) is 12.2. The lowest BCUT2D eigenvalue weighted by molar-refractivity contribution is 0.0462. The molecule has 0 N–H and O–H groups in total. The Morgan fingerprint density at radius 3 is 2.96 bits per heavy atom. The standard InChI is InChI=1S/C16H11Cl2N5O2/c17-6-11-20-15(21-25-11)13-14-10-4-5-22(10)16(24)12-8(18)2-1-3-9(12)23(14)7-19-13/h1-3,7,10H,4-6H2/t10-/m0/s1. The Hall–Kier alpha value is -2.38. The molecule has 4 heterocycles. The van der Waals surface area contributed by atoms with E-state index < -0.39 is 0 Å². The van der Waals surface area contributed by atoms with Gasteiger partial charge in [-0.2, -0.15) is 4.98 Å². The summed E-state index contributed by atoms with van der Waals surface area (Å²) in [7, 11) is 0. The minimum absolute atomic E-state index is 0.0685. The van der Waals surface area contributed by atoms with E-state index in [9.17, 15) is 4.79 Å². The van der Waals surface area contributed by atoms with Crippen molar-refractivity contribution in [2.75, 3.05) is 6.54 Å². The van der Waals surface area contributed by atoms with E-state index >= 15 is 0 Å². The van der Waals surface area contributed by atoms with Crippen molar-refractivity contribution < 1.29 is 9.32 Å². The molecule has 2 aliphatic rings. The van der Waals surface area contributed by atoms with Crippen molar-refractivity contribution in [2.24, 2.45) is 0 Å². The lowest BCUT2D eigenvalue weighted by atomic mass is 9.97. The van der Waals surface area contributed by atoms with Crippen LogP contribution in [-0.2, 0) is 5.88 Å². The quantitative estimate of drug-likeness (QED) is 0.642. The monoisotopic (exact) mass is 375 g/mol. The summed E-state index contributed by atoms with van der Waals surface area (Å²) in [5.74, 6) is 0.766. The lowest BCUT2D eigenvalue weighted by Crippen LogP contribution is -2.44. The fraction of sp³-hybridized carbons (Fsp3) is 0.250. The van der Waals surface area contributed by atoms with Gasteiger partial charge in [0, 0.05) is 6.54 Å². The highest BCUT2D eigenvalue weighted by molar-refractivity contribution is 6.34. The van der Waals surface area contributed by atoms with Gasteiger partial charge in [-0.3, -0.25) is 9.36 Å². The van der Waals surface area contributed by atoms with Crippen LogP contribution >= 0.6 is 23.2 Å². The number of carbonyl (C=O) groups is 1. The van der Waals surface area contributed by atoms with E-state index in [-0.39, 0.29) is 17.8 Å². The van der Waals surface area contributed by atoms with Crippen LogP contribution in [0.15, 0.2) is 29.0 Å². The number of fused-ring (bicyclic) bond motifs is 5. The molecule has 1 atom stereocenters. The van der Waals surface area contributed by atoms with Crippen LogP contribution in [-0.4, -0.2) is 37.0 Å². The summed E-state index contributed by atoms with van der Waals surface area (Å²) in [5.41, 5.74) is 2.66. The minimum atomic E-state index is -0.0913. The molecular weight excluding hydrogens is 365 g/mol. The van der Waals surface area contributed by atoms with Gasteiger partial charge in [-0.1, -0.05) is 22.8 Å². The summed E-state index contributed by atoms with van der Waals surface area (Å²) in [5, 5.41) is 4.40. The van der Waals surface area contributed by atoms with E-state index in [0.29, 0.717) is 40.2 Å². The van der Waals surface area contributed by atoms with Gasteiger partial charge in [0.25, 0.3) is 5.91 Å².